The van der Waals surface area contributed by atoms with E-state index in [1.54, 1.807) is 31.1 Å². The van der Waals surface area contributed by atoms with E-state index in [4.69, 9.17) is 30.7 Å². The van der Waals surface area contributed by atoms with Crippen LogP contribution in [0.25, 0.3) is 56.0 Å². The third-order valence-corrected chi connectivity index (χ3v) is 9.31. The van der Waals surface area contributed by atoms with Gasteiger partial charge < -0.3 is 5.73 Å². The van der Waals surface area contributed by atoms with E-state index in [-0.39, 0.29) is 6.71 Å². The standard InChI is InChI=1S/C37H26BN11/c1-2-14-41-33-34(39)47(23-10-5-3-6-11-23)25-19-22(35-42-15-9-16-43-35)20-26-28(25)38(33)32-31-29(45-21-46-32)27-30-36(44-18-17-40-30)48(37(27)49(26)31)24-12-7-4-8-13-24/h3-21H,2,39H2,1H3. The van der Waals surface area contributed by atoms with Gasteiger partial charge in [0.1, 0.15) is 28.8 Å². The molecular formula is C37H26BN11. The molecule has 0 radical (unpaired) electrons. The third-order valence-electron chi connectivity index (χ3n) is 9.31. The number of nitrogens with zero attached hydrogens (tertiary/aromatic N) is 10. The molecule has 0 amide bonds. The van der Waals surface area contributed by atoms with Gasteiger partial charge in [-0.25, -0.2) is 24.9 Å². The van der Waals surface area contributed by atoms with Gasteiger partial charge in [0.15, 0.2) is 11.5 Å². The summed E-state index contributed by atoms with van der Waals surface area (Å²) in [5.41, 5.74) is 18.4. The number of hydrogen-bond donors (Lipinski definition) is 1. The van der Waals surface area contributed by atoms with Crippen molar-refractivity contribution in [1.29, 1.82) is 0 Å². The molecule has 0 atom stereocenters. The van der Waals surface area contributed by atoms with Crippen LogP contribution in [0.5, 0.6) is 0 Å². The lowest BCUT2D eigenvalue weighted by molar-refractivity contribution is 1.03. The van der Waals surface area contributed by atoms with E-state index in [1.807, 2.05) is 48.7 Å². The number of nitrogens with two attached hydrogens (primary N) is 1. The fourth-order valence-corrected chi connectivity index (χ4v) is 7.43. The molecule has 49 heavy (non-hydrogen) atoms. The largest absolute Gasteiger partial charge is 0.384 e. The molecule has 11 nitrogen and oxygen atoms in total. The second-order valence-electron chi connectivity index (χ2n) is 12.0. The molecule has 0 spiro atoms. The smallest absolute Gasteiger partial charge is 0.300 e. The maximum Gasteiger partial charge on any atom is 0.300 e. The molecule has 0 saturated carbocycles. The van der Waals surface area contributed by atoms with Crippen molar-refractivity contribution in [3.63, 3.8) is 0 Å². The normalized spacial score (nSPS) is 13.7. The minimum atomic E-state index is -0.363. The van der Waals surface area contributed by atoms with Crippen molar-refractivity contribution in [3.8, 4) is 22.8 Å². The Hall–Kier alpha value is -6.69. The lowest BCUT2D eigenvalue weighted by Gasteiger charge is -2.38. The Balaban J connectivity index is 1.43. The van der Waals surface area contributed by atoms with E-state index in [1.165, 1.54) is 0 Å². The Kier molecular flexibility index (Phi) is 5.83. The summed E-state index contributed by atoms with van der Waals surface area (Å²) in [5, 5.41) is 0.898. The summed E-state index contributed by atoms with van der Waals surface area (Å²) in [6.07, 6.45) is 11.3. The molecule has 232 valence electrons. The van der Waals surface area contributed by atoms with E-state index in [9.17, 15) is 0 Å². The van der Waals surface area contributed by atoms with Crippen LogP contribution in [0.1, 0.15) is 13.3 Å². The Bertz CT molecular complexity index is 2660. The molecular weight excluding hydrogens is 609 g/mol. The first kappa shape index (κ1) is 27.4. The number of hydrogen-bond acceptors (Lipinski definition) is 9. The maximum atomic E-state index is 7.21. The first-order valence-electron chi connectivity index (χ1n) is 16.1. The molecule has 0 bridgehead atoms. The van der Waals surface area contributed by atoms with Gasteiger partial charge in [0, 0.05) is 64.9 Å². The van der Waals surface area contributed by atoms with Gasteiger partial charge in [-0.1, -0.05) is 43.3 Å². The molecule has 12 heteroatoms. The molecule has 10 rings (SSSR count). The number of aliphatic imine (C=N–C) groups is 1. The van der Waals surface area contributed by atoms with Crippen LogP contribution in [0.2, 0.25) is 0 Å². The van der Waals surface area contributed by atoms with Crippen molar-refractivity contribution in [2.45, 2.75) is 13.3 Å². The van der Waals surface area contributed by atoms with Crippen molar-refractivity contribution >= 4 is 68.6 Å². The van der Waals surface area contributed by atoms with Crippen molar-refractivity contribution in [2.24, 2.45) is 10.7 Å². The van der Waals surface area contributed by atoms with E-state index in [0.29, 0.717) is 11.6 Å². The predicted octanol–water partition coefficient (Wildman–Crippen LogP) is 4.99. The third kappa shape index (κ3) is 3.76. The highest BCUT2D eigenvalue weighted by Crippen LogP contribution is 2.43. The van der Waals surface area contributed by atoms with Crippen molar-refractivity contribution in [1.82, 2.24) is 39.0 Å². The molecule has 0 aliphatic carbocycles. The second kappa shape index (κ2) is 10.4. The van der Waals surface area contributed by atoms with Gasteiger partial charge in [0.05, 0.1) is 16.5 Å². The lowest BCUT2D eigenvalue weighted by Crippen LogP contribution is -2.56. The number of benzene rings is 3. The number of para-hydroxylation sites is 2. The number of anilines is 2. The number of aromatic nitrogens is 8. The van der Waals surface area contributed by atoms with Gasteiger partial charge >= 0.3 is 6.71 Å². The van der Waals surface area contributed by atoms with Crippen LogP contribution in [-0.4, -0.2) is 52.0 Å². The Morgan fingerprint density at radius 3 is 2.27 bits per heavy atom. The van der Waals surface area contributed by atoms with Crippen molar-refractivity contribution in [2.75, 3.05) is 4.90 Å². The molecule has 2 N–H and O–H groups in total. The van der Waals surface area contributed by atoms with Gasteiger partial charge in [0.25, 0.3) is 0 Å². The summed E-state index contributed by atoms with van der Waals surface area (Å²) in [6, 6.07) is 26.5. The highest BCUT2D eigenvalue weighted by Gasteiger charge is 2.45. The minimum absolute atomic E-state index is 0.363. The average Bonchev–Trinajstić information content (AvgIpc) is 3.68. The lowest BCUT2D eigenvalue weighted by atomic mass is 9.37. The van der Waals surface area contributed by atoms with Gasteiger partial charge in [-0.05, 0) is 54.3 Å². The van der Waals surface area contributed by atoms with Gasteiger partial charge in [0.2, 0.25) is 0 Å². The first-order valence-corrected chi connectivity index (χ1v) is 16.1. The van der Waals surface area contributed by atoms with Crippen LogP contribution in [0, 0.1) is 0 Å². The zero-order valence-electron chi connectivity index (χ0n) is 26.3. The Morgan fingerprint density at radius 2 is 1.49 bits per heavy atom. The van der Waals surface area contributed by atoms with Crippen LogP contribution >= 0.6 is 0 Å². The Labute approximate surface area is 280 Å². The van der Waals surface area contributed by atoms with Crippen LogP contribution < -0.4 is 21.7 Å². The fourth-order valence-electron chi connectivity index (χ4n) is 7.43. The Morgan fingerprint density at radius 1 is 0.755 bits per heavy atom. The molecule has 0 unspecified atom stereocenters. The minimum Gasteiger partial charge on any atom is -0.384 e. The van der Waals surface area contributed by atoms with Crippen molar-refractivity contribution in [3.05, 3.63) is 121 Å². The fraction of sp³-hybridized carbons (Fsp3) is 0.0541. The average molecular weight is 636 g/mol. The quantitative estimate of drug-likeness (QED) is 0.207. The summed E-state index contributed by atoms with van der Waals surface area (Å²) in [6.45, 7) is 1.71. The summed E-state index contributed by atoms with van der Waals surface area (Å²) in [7, 11) is 0. The van der Waals surface area contributed by atoms with Crippen LogP contribution in [0.3, 0.4) is 0 Å². The highest BCUT2D eigenvalue weighted by atomic mass is 15.2. The molecule has 2 aliphatic rings. The molecule has 2 aliphatic heterocycles. The number of rotatable bonds is 5. The van der Waals surface area contributed by atoms with Crippen molar-refractivity contribution < 1.29 is 0 Å². The molecule has 0 saturated heterocycles. The van der Waals surface area contributed by atoms with E-state index >= 15 is 0 Å². The molecule has 7 heterocycles. The van der Waals surface area contributed by atoms with Crippen LogP contribution in [-0.2, 0) is 0 Å². The second-order valence-corrected chi connectivity index (χ2v) is 12.0. The highest BCUT2D eigenvalue weighted by molar-refractivity contribution is 6.94. The van der Waals surface area contributed by atoms with Crippen LogP contribution in [0.15, 0.2) is 126 Å². The van der Waals surface area contributed by atoms with Gasteiger partial charge in [-0.3, -0.25) is 24.0 Å². The molecule has 5 aromatic heterocycles. The van der Waals surface area contributed by atoms with Gasteiger partial charge in [-0.2, -0.15) is 0 Å². The molecule has 3 aromatic carbocycles. The molecule has 8 aromatic rings. The maximum absolute atomic E-state index is 7.21. The topological polar surface area (TPSA) is 129 Å². The summed E-state index contributed by atoms with van der Waals surface area (Å²) < 4.78 is 4.43. The summed E-state index contributed by atoms with van der Waals surface area (Å²) >= 11 is 0. The van der Waals surface area contributed by atoms with Crippen LogP contribution in [0.4, 0.5) is 11.4 Å². The van der Waals surface area contributed by atoms with E-state index in [0.717, 1.165) is 84.6 Å². The SMILES string of the molecule is CCC=NC1=C(N)N(c2ccccc2)c2cc(-c3ncccn3)cc3c2B1c1ncnc2c4c5nccnc5n(-c5ccccc5)c4n-3c12. The zero-order valence-corrected chi connectivity index (χ0v) is 26.3. The number of fused-ring (bicyclic) bond motifs is 7. The summed E-state index contributed by atoms with van der Waals surface area (Å²) in [5.74, 6) is 1.14. The zero-order chi connectivity index (χ0) is 32.6. The van der Waals surface area contributed by atoms with E-state index < -0.39 is 0 Å². The molecule has 0 fully saturated rings. The monoisotopic (exact) mass is 635 g/mol. The summed E-state index contributed by atoms with van der Waals surface area (Å²) in [4.78, 5) is 36.1. The van der Waals surface area contributed by atoms with Gasteiger partial charge in [-0.15, -0.1) is 0 Å². The first-order chi connectivity index (χ1) is 24.2. The predicted molar refractivity (Wildman–Crippen MR) is 193 cm³/mol. The van der Waals surface area contributed by atoms with E-state index in [2.05, 4.69) is 67.3 Å².